The second kappa shape index (κ2) is 6.46. The lowest BCUT2D eigenvalue weighted by atomic mass is 10.0. The zero-order chi connectivity index (χ0) is 14.8. The summed E-state index contributed by atoms with van der Waals surface area (Å²) >= 11 is 2.89. The zero-order valence-electron chi connectivity index (χ0n) is 11.1. The molecule has 0 amide bonds. The Morgan fingerprint density at radius 1 is 1.45 bits per heavy atom. The minimum atomic E-state index is -3.61. The normalized spacial score (nSPS) is 17.2. The molecule has 112 valence electrons. The maximum atomic E-state index is 12.2. The number of aromatic carboxylic acids is 1. The fourth-order valence-electron chi connectivity index (χ4n) is 2.09. The van der Waals surface area contributed by atoms with Crippen LogP contribution in [0.4, 0.5) is 0 Å². The molecule has 5 nitrogen and oxygen atoms in total. The second-order valence-corrected chi connectivity index (χ2v) is 8.96. The van der Waals surface area contributed by atoms with Gasteiger partial charge < -0.3 is 5.11 Å². The fourth-order valence-corrected chi connectivity index (χ4v) is 5.84. The first-order chi connectivity index (χ1) is 9.40. The van der Waals surface area contributed by atoms with Gasteiger partial charge in [0, 0.05) is 11.4 Å². The van der Waals surface area contributed by atoms with Gasteiger partial charge in [0.15, 0.2) is 0 Å². The second-order valence-electron chi connectivity index (χ2n) is 4.74. The van der Waals surface area contributed by atoms with Gasteiger partial charge in [-0.05, 0) is 43.3 Å². The molecule has 20 heavy (non-hydrogen) atoms. The van der Waals surface area contributed by atoms with Gasteiger partial charge in [0.05, 0.1) is 4.90 Å². The molecule has 2 rings (SSSR count). The number of sulfonamides is 1. The van der Waals surface area contributed by atoms with E-state index in [2.05, 4.69) is 4.72 Å². The highest BCUT2D eigenvalue weighted by Gasteiger charge is 2.23. The fraction of sp³-hybridized carbons (Fsp3) is 0.583. The molecule has 0 unspecified atom stereocenters. The number of nitrogens with one attached hydrogen (secondary N) is 1. The molecule has 2 heterocycles. The lowest BCUT2D eigenvalue weighted by Crippen LogP contribution is -2.31. The molecule has 0 saturated carbocycles. The standard InChI is InChI=1S/C12H17NO4S3/c1-8-11(6-10(19-8)12(14)15)20(16,17)13-7-9-2-4-18-5-3-9/h6,9,13H,2-5,7H2,1H3,(H,14,15). The first kappa shape index (κ1) is 15.8. The average Bonchev–Trinajstić information content (AvgIpc) is 2.81. The lowest BCUT2D eigenvalue weighted by molar-refractivity contribution is 0.0702. The Hall–Kier alpha value is -0.570. The molecule has 8 heteroatoms. The summed E-state index contributed by atoms with van der Waals surface area (Å²) in [7, 11) is -3.61. The van der Waals surface area contributed by atoms with Gasteiger partial charge in [-0.1, -0.05) is 0 Å². The van der Waals surface area contributed by atoms with Crippen molar-refractivity contribution in [3.05, 3.63) is 15.8 Å². The minimum Gasteiger partial charge on any atom is -0.477 e. The number of carbonyl (C=O) groups is 1. The van der Waals surface area contributed by atoms with Crippen LogP contribution in [0.15, 0.2) is 11.0 Å². The molecular weight excluding hydrogens is 318 g/mol. The van der Waals surface area contributed by atoms with Crippen molar-refractivity contribution in [2.75, 3.05) is 18.1 Å². The Kier molecular flexibility index (Phi) is 5.11. The molecular formula is C12H17NO4S3. The molecule has 0 atom stereocenters. The molecule has 1 saturated heterocycles. The zero-order valence-corrected chi connectivity index (χ0v) is 13.5. The topological polar surface area (TPSA) is 83.5 Å². The molecule has 1 fully saturated rings. The van der Waals surface area contributed by atoms with Crippen LogP contribution in [0.25, 0.3) is 0 Å². The number of hydrogen-bond acceptors (Lipinski definition) is 5. The van der Waals surface area contributed by atoms with E-state index in [0.29, 0.717) is 17.3 Å². The van der Waals surface area contributed by atoms with Crippen LogP contribution < -0.4 is 4.72 Å². The van der Waals surface area contributed by atoms with Crippen molar-refractivity contribution in [3.8, 4) is 0 Å². The summed E-state index contributed by atoms with van der Waals surface area (Å²) in [6.45, 7) is 2.06. The number of thioether (sulfide) groups is 1. The van der Waals surface area contributed by atoms with Gasteiger partial charge in [0.2, 0.25) is 10.0 Å². The summed E-state index contributed by atoms with van der Waals surface area (Å²) in [6.07, 6.45) is 2.05. The molecule has 1 aromatic rings. The van der Waals surface area contributed by atoms with Gasteiger partial charge in [-0.3, -0.25) is 0 Å². The molecule has 0 bridgehead atoms. The smallest absolute Gasteiger partial charge is 0.345 e. The van der Waals surface area contributed by atoms with Crippen molar-refractivity contribution in [1.29, 1.82) is 0 Å². The van der Waals surface area contributed by atoms with Gasteiger partial charge in [0.1, 0.15) is 4.88 Å². The van der Waals surface area contributed by atoms with E-state index in [9.17, 15) is 13.2 Å². The summed E-state index contributed by atoms with van der Waals surface area (Å²) in [5.41, 5.74) is 0. The Labute approximate surface area is 126 Å². The third kappa shape index (κ3) is 3.75. The van der Waals surface area contributed by atoms with E-state index in [4.69, 9.17) is 5.11 Å². The summed E-state index contributed by atoms with van der Waals surface area (Å²) < 4.78 is 27.1. The number of hydrogen-bond donors (Lipinski definition) is 2. The molecule has 1 aliphatic rings. The molecule has 0 radical (unpaired) electrons. The number of aryl methyl sites for hydroxylation is 1. The summed E-state index contributed by atoms with van der Waals surface area (Å²) in [5.74, 6) is 1.44. The quantitative estimate of drug-likeness (QED) is 0.861. The molecule has 0 spiro atoms. The van der Waals surface area contributed by atoms with Gasteiger partial charge in [-0.2, -0.15) is 11.8 Å². The van der Waals surface area contributed by atoms with Crippen molar-refractivity contribution in [1.82, 2.24) is 4.72 Å². The highest BCUT2D eigenvalue weighted by Crippen LogP contribution is 2.26. The van der Waals surface area contributed by atoms with E-state index in [-0.39, 0.29) is 9.77 Å². The van der Waals surface area contributed by atoms with E-state index >= 15 is 0 Å². The van der Waals surface area contributed by atoms with Gasteiger partial charge in [-0.15, -0.1) is 11.3 Å². The van der Waals surface area contributed by atoms with Crippen LogP contribution in [0, 0.1) is 12.8 Å². The SMILES string of the molecule is Cc1sc(C(=O)O)cc1S(=O)(=O)NCC1CCSCC1. The minimum absolute atomic E-state index is 0.0527. The van der Waals surface area contributed by atoms with Gasteiger partial charge >= 0.3 is 5.97 Å². The third-order valence-electron chi connectivity index (χ3n) is 3.28. The van der Waals surface area contributed by atoms with E-state index in [0.717, 1.165) is 35.7 Å². The monoisotopic (exact) mass is 335 g/mol. The van der Waals surface area contributed by atoms with Crippen molar-refractivity contribution in [2.24, 2.45) is 5.92 Å². The molecule has 1 aromatic heterocycles. The summed E-state index contributed by atoms with van der Waals surface area (Å²) in [4.78, 5) is 11.5. The number of thiophene rings is 1. The lowest BCUT2D eigenvalue weighted by Gasteiger charge is -2.21. The van der Waals surface area contributed by atoms with Crippen LogP contribution >= 0.6 is 23.1 Å². The van der Waals surface area contributed by atoms with Crippen LogP contribution in [0.1, 0.15) is 27.4 Å². The molecule has 1 aliphatic heterocycles. The Bertz CT molecular complexity index is 588. The average molecular weight is 335 g/mol. The number of carboxylic acid groups (broad SMARTS) is 1. The van der Waals surface area contributed by atoms with Crippen molar-refractivity contribution in [3.63, 3.8) is 0 Å². The third-order valence-corrected chi connectivity index (χ3v) is 7.04. The van der Waals surface area contributed by atoms with Gasteiger partial charge in [0.25, 0.3) is 0 Å². The first-order valence-electron chi connectivity index (χ1n) is 6.31. The first-order valence-corrected chi connectivity index (χ1v) is 9.76. The molecule has 2 N–H and O–H groups in total. The number of carboxylic acids is 1. The van der Waals surface area contributed by atoms with Gasteiger partial charge in [-0.25, -0.2) is 17.9 Å². The van der Waals surface area contributed by atoms with E-state index in [1.54, 1.807) is 6.92 Å². The van der Waals surface area contributed by atoms with Crippen LogP contribution in [0.3, 0.4) is 0 Å². The van der Waals surface area contributed by atoms with Crippen molar-refractivity contribution < 1.29 is 18.3 Å². The summed E-state index contributed by atoms with van der Waals surface area (Å²) in [6, 6.07) is 1.24. The van der Waals surface area contributed by atoms with Crippen LogP contribution in [-0.4, -0.2) is 37.5 Å². The maximum absolute atomic E-state index is 12.2. The Morgan fingerprint density at radius 3 is 2.65 bits per heavy atom. The molecule has 0 aliphatic carbocycles. The maximum Gasteiger partial charge on any atom is 0.345 e. The van der Waals surface area contributed by atoms with Crippen LogP contribution in [0.2, 0.25) is 0 Å². The van der Waals surface area contributed by atoms with Crippen molar-refractivity contribution in [2.45, 2.75) is 24.7 Å². The van der Waals surface area contributed by atoms with E-state index in [1.165, 1.54) is 6.07 Å². The largest absolute Gasteiger partial charge is 0.477 e. The predicted molar refractivity (Wildman–Crippen MR) is 81.3 cm³/mol. The summed E-state index contributed by atoms with van der Waals surface area (Å²) in [5, 5.41) is 8.91. The van der Waals surface area contributed by atoms with Crippen LogP contribution in [-0.2, 0) is 10.0 Å². The highest BCUT2D eigenvalue weighted by molar-refractivity contribution is 7.99. The highest BCUT2D eigenvalue weighted by atomic mass is 32.2. The molecule has 0 aromatic carbocycles. The Balaban J connectivity index is 2.07. The van der Waals surface area contributed by atoms with E-state index < -0.39 is 16.0 Å². The van der Waals surface area contributed by atoms with Crippen molar-refractivity contribution >= 4 is 39.1 Å². The number of rotatable bonds is 5. The van der Waals surface area contributed by atoms with Crippen LogP contribution in [0.5, 0.6) is 0 Å². The van der Waals surface area contributed by atoms with E-state index in [1.807, 2.05) is 11.8 Å². The predicted octanol–water partition coefficient (Wildman–Crippen LogP) is 2.18. The Morgan fingerprint density at radius 2 is 2.10 bits per heavy atom.